The van der Waals surface area contributed by atoms with Crippen molar-refractivity contribution >= 4 is 5.91 Å². The minimum atomic E-state index is -0.0284. The normalized spacial score (nSPS) is 27.3. The summed E-state index contributed by atoms with van der Waals surface area (Å²) in [5.74, 6) is 0.154. The number of amides is 1. The van der Waals surface area contributed by atoms with E-state index in [2.05, 4.69) is 29.3 Å². The fraction of sp³-hybridized carbons (Fsp3) is 0.562. The van der Waals surface area contributed by atoms with Gasteiger partial charge in [-0.3, -0.25) is 15.0 Å². The highest BCUT2D eigenvalue weighted by molar-refractivity contribution is 5.81. The highest BCUT2D eigenvalue weighted by Crippen LogP contribution is 2.23. The number of nitrogens with zero attached hydrogens (tertiary/aromatic N) is 2. The van der Waals surface area contributed by atoms with Crippen molar-refractivity contribution in [3.05, 3.63) is 35.9 Å². The lowest BCUT2D eigenvalue weighted by atomic mass is 10.1. The number of nitrogens with one attached hydrogen (secondary N) is 1. The molecule has 0 bridgehead atoms. The lowest BCUT2D eigenvalue weighted by molar-refractivity contribution is -0.131. The molecule has 0 aromatic heterocycles. The number of carbonyl (C=O) groups is 1. The number of likely N-dealkylation sites (N-methyl/N-ethyl adjacent to an activating group) is 1. The van der Waals surface area contributed by atoms with Crippen molar-refractivity contribution in [2.45, 2.75) is 19.2 Å². The second kappa shape index (κ2) is 6.56. The summed E-state index contributed by atoms with van der Waals surface area (Å²) in [4.78, 5) is 16.5. The average molecular weight is 289 g/mol. The summed E-state index contributed by atoms with van der Waals surface area (Å²) >= 11 is 0. The molecule has 114 valence electrons. The molecule has 1 aromatic rings. The Morgan fingerprint density at radius 2 is 2.14 bits per heavy atom. The van der Waals surface area contributed by atoms with Gasteiger partial charge in [0.05, 0.1) is 25.8 Å². The Bertz CT molecular complexity index is 480. The Morgan fingerprint density at radius 1 is 1.33 bits per heavy atom. The molecule has 0 aliphatic carbocycles. The van der Waals surface area contributed by atoms with E-state index in [9.17, 15) is 4.79 Å². The van der Waals surface area contributed by atoms with Gasteiger partial charge in [0.25, 0.3) is 0 Å². The van der Waals surface area contributed by atoms with Crippen molar-refractivity contribution in [3.63, 3.8) is 0 Å². The predicted molar refractivity (Wildman–Crippen MR) is 80.8 cm³/mol. The SMILES string of the molecule is CCN1CCOC(CN2C(=O)CNC2c2ccccc2)C1. The topological polar surface area (TPSA) is 44.8 Å². The Labute approximate surface area is 125 Å². The van der Waals surface area contributed by atoms with E-state index in [1.54, 1.807) is 0 Å². The fourth-order valence-corrected chi connectivity index (χ4v) is 3.08. The molecule has 0 saturated carbocycles. The molecule has 2 heterocycles. The number of rotatable bonds is 4. The van der Waals surface area contributed by atoms with Crippen LogP contribution in [0.25, 0.3) is 0 Å². The van der Waals surface area contributed by atoms with Gasteiger partial charge >= 0.3 is 0 Å². The summed E-state index contributed by atoms with van der Waals surface area (Å²) in [6.45, 7) is 6.91. The van der Waals surface area contributed by atoms with Gasteiger partial charge in [-0.15, -0.1) is 0 Å². The smallest absolute Gasteiger partial charge is 0.238 e. The molecule has 21 heavy (non-hydrogen) atoms. The maximum absolute atomic E-state index is 12.2. The number of carbonyl (C=O) groups excluding carboxylic acids is 1. The van der Waals surface area contributed by atoms with Crippen LogP contribution >= 0.6 is 0 Å². The van der Waals surface area contributed by atoms with Gasteiger partial charge < -0.3 is 9.64 Å². The lowest BCUT2D eigenvalue weighted by Gasteiger charge is -2.35. The van der Waals surface area contributed by atoms with E-state index >= 15 is 0 Å². The molecule has 5 nitrogen and oxygen atoms in total. The van der Waals surface area contributed by atoms with Gasteiger partial charge in [0.1, 0.15) is 6.17 Å². The maximum Gasteiger partial charge on any atom is 0.238 e. The number of morpholine rings is 1. The Kier molecular flexibility index (Phi) is 4.53. The first-order valence-corrected chi connectivity index (χ1v) is 7.69. The third-order valence-corrected chi connectivity index (χ3v) is 4.26. The van der Waals surface area contributed by atoms with Crippen LogP contribution in [0.4, 0.5) is 0 Å². The second-order valence-corrected chi connectivity index (χ2v) is 5.63. The van der Waals surface area contributed by atoms with E-state index in [0.29, 0.717) is 13.1 Å². The Hall–Kier alpha value is -1.43. The van der Waals surface area contributed by atoms with Crippen molar-refractivity contribution in [2.75, 3.05) is 39.3 Å². The third kappa shape index (κ3) is 3.26. The molecule has 2 unspecified atom stereocenters. The van der Waals surface area contributed by atoms with Crippen LogP contribution < -0.4 is 5.32 Å². The van der Waals surface area contributed by atoms with Crippen LogP contribution in [-0.2, 0) is 9.53 Å². The van der Waals surface area contributed by atoms with Crippen LogP contribution in [-0.4, -0.2) is 61.1 Å². The summed E-state index contributed by atoms with van der Waals surface area (Å²) in [5, 5.41) is 3.29. The molecule has 1 aromatic carbocycles. The average Bonchev–Trinajstić information content (AvgIpc) is 2.89. The summed E-state index contributed by atoms with van der Waals surface area (Å²) in [6.07, 6.45) is 0.0769. The van der Waals surface area contributed by atoms with E-state index < -0.39 is 0 Å². The van der Waals surface area contributed by atoms with Gasteiger partial charge in [0, 0.05) is 13.1 Å². The minimum Gasteiger partial charge on any atom is -0.374 e. The van der Waals surface area contributed by atoms with Gasteiger partial charge in [-0.25, -0.2) is 0 Å². The van der Waals surface area contributed by atoms with Gasteiger partial charge in [-0.1, -0.05) is 37.3 Å². The van der Waals surface area contributed by atoms with E-state index in [0.717, 1.165) is 31.8 Å². The zero-order valence-electron chi connectivity index (χ0n) is 12.5. The molecule has 2 aliphatic heterocycles. The highest BCUT2D eigenvalue weighted by Gasteiger charge is 2.34. The zero-order valence-corrected chi connectivity index (χ0v) is 12.5. The molecule has 3 rings (SSSR count). The molecular formula is C16H23N3O2. The molecule has 2 saturated heterocycles. The number of ether oxygens (including phenoxy) is 1. The van der Waals surface area contributed by atoms with Crippen molar-refractivity contribution < 1.29 is 9.53 Å². The molecule has 2 fully saturated rings. The maximum atomic E-state index is 12.2. The highest BCUT2D eigenvalue weighted by atomic mass is 16.5. The molecule has 1 N–H and O–H groups in total. The molecule has 2 aliphatic rings. The van der Waals surface area contributed by atoms with Crippen molar-refractivity contribution in [1.29, 1.82) is 0 Å². The summed E-state index contributed by atoms with van der Waals surface area (Å²) in [7, 11) is 0. The van der Waals surface area contributed by atoms with Crippen LogP contribution in [0.3, 0.4) is 0 Å². The fourth-order valence-electron chi connectivity index (χ4n) is 3.08. The molecule has 0 radical (unpaired) electrons. The van der Waals surface area contributed by atoms with Crippen LogP contribution in [0, 0.1) is 0 Å². The van der Waals surface area contributed by atoms with Crippen LogP contribution in [0.2, 0.25) is 0 Å². The number of hydrogen-bond acceptors (Lipinski definition) is 4. The van der Waals surface area contributed by atoms with Crippen LogP contribution in [0.1, 0.15) is 18.7 Å². The van der Waals surface area contributed by atoms with Gasteiger partial charge in [-0.05, 0) is 12.1 Å². The minimum absolute atomic E-state index is 0.0284. The Morgan fingerprint density at radius 3 is 2.90 bits per heavy atom. The summed E-state index contributed by atoms with van der Waals surface area (Å²) in [6, 6.07) is 10.1. The van der Waals surface area contributed by atoms with E-state index in [1.165, 1.54) is 0 Å². The second-order valence-electron chi connectivity index (χ2n) is 5.63. The predicted octanol–water partition coefficient (Wildman–Crippen LogP) is 0.838. The van der Waals surface area contributed by atoms with E-state index in [1.807, 2.05) is 23.1 Å². The molecule has 0 spiro atoms. The van der Waals surface area contributed by atoms with Crippen molar-refractivity contribution in [3.8, 4) is 0 Å². The molecule has 5 heteroatoms. The van der Waals surface area contributed by atoms with Gasteiger partial charge in [0.2, 0.25) is 5.91 Å². The molecule has 1 amide bonds. The first-order valence-electron chi connectivity index (χ1n) is 7.69. The standard InChI is InChI=1S/C16H23N3O2/c1-2-18-8-9-21-14(11-18)12-19-15(20)10-17-16(19)13-6-4-3-5-7-13/h3-7,14,16-17H,2,8-12H2,1H3. The van der Waals surface area contributed by atoms with Gasteiger partial charge in [-0.2, -0.15) is 0 Å². The van der Waals surface area contributed by atoms with Crippen LogP contribution in [0.5, 0.6) is 0 Å². The summed E-state index contributed by atoms with van der Waals surface area (Å²) < 4.78 is 5.84. The largest absolute Gasteiger partial charge is 0.374 e. The first-order chi connectivity index (χ1) is 10.3. The van der Waals surface area contributed by atoms with Gasteiger partial charge in [0.15, 0.2) is 0 Å². The molecule has 2 atom stereocenters. The molecular weight excluding hydrogens is 266 g/mol. The van der Waals surface area contributed by atoms with E-state index in [-0.39, 0.29) is 18.2 Å². The van der Waals surface area contributed by atoms with Crippen molar-refractivity contribution in [2.24, 2.45) is 0 Å². The number of hydrogen-bond donors (Lipinski definition) is 1. The lowest BCUT2D eigenvalue weighted by Crippen LogP contribution is -2.48. The quantitative estimate of drug-likeness (QED) is 0.892. The Balaban J connectivity index is 1.68. The summed E-state index contributed by atoms with van der Waals surface area (Å²) in [5.41, 5.74) is 1.13. The number of benzene rings is 1. The first kappa shape index (κ1) is 14.5. The van der Waals surface area contributed by atoms with Crippen LogP contribution in [0.15, 0.2) is 30.3 Å². The van der Waals surface area contributed by atoms with E-state index in [4.69, 9.17) is 4.74 Å². The zero-order chi connectivity index (χ0) is 14.7. The van der Waals surface area contributed by atoms with Crippen molar-refractivity contribution in [1.82, 2.24) is 15.1 Å². The third-order valence-electron chi connectivity index (χ3n) is 4.26. The monoisotopic (exact) mass is 289 g/mol.